The quantitative estimate of drug-likeness (QED) is 0.638. The van der Waals surface area contributed by atoms with Crippen LogP contribution in [0.15, 0.2) is 0 Å². The van der Waals surface area contributed by atoms with E-state index in [1.807, 2.05) is 0 Å². The zero-order valence-corrected chi connectivity index (χ0v) is 12.9. The molecule has 1 atom stereocenters. The van der Waals surface area contributed by atoms with Gasteiger partial charge in [0.25, 0.3) is 0 Å². The minimum absolute atomic E-state index is 0.0535. The van der Waals surface area contributed by atoms with E-state index in [4.69, 9.17) is 4.52 Å². The van der Waals surface area contributed by atoms with Gasteiger partial charge in [0.05, 0.1) is 5.16 Å². The third-order valence-corrected chi connectivity index (χ3v) is 7.52. The monoisotopic (exact) mass is 284 g/mol. The van der Waals surface area contributed by atoms with Crippen molar-refractivity contribution in [3.05, 3.63) is 0 Å². The van der Waals surface area contributed by atoms with Crippen molar-refractivity contribution in [3.63, 3.8) is 0 Å². The van der Waals surface area contributed by atoms with Gasteiger partial charge in [0, 0.05) is 7.37 Å². The van der Waals surface area contributed by atoms with E-state index >= 15 is 0 Å². The maximum atomic E-state index is 10.0. The summed E-state index contributed by atoms with van der Waals surface area (Å²) in [6.45, 7) is 6.89. The minimum atomic E-state index is -1.48. The molecular weight excluding hydrogens is 254 g/mol. The van der Waals surface area contributed by atoms with Crippen LogP contribution >= 0.6 is 7.37 Å². The third-order valence-electron chi connectivity index (χ3n) is 5.16. The molecule has 0 aromatic rings. The molecule has 4 bridgehead atoms. The van der Waals surface area contributed by atoms with Crippen molar-refractivity contribution < 1.29 is 9.63 Å². The lowest BCUT2D eigenvalue weighted by Gasteiger charge is -2.58. The van der Waals surface area contributed by atoms with Crippen molar-refractivity contribution >= 4 is 14.9 Å². The number of aliphatic hydroxyl groups is 1. The van der Waals surface area contributed by atoms with Crippen molar-refractivity contribution in [3.8, 4) is 0 Å². The second-order valence-corrected chi connectivity index (χ2v) is 10.4. The topological polar surface area (TPSA) is 29.5 Å². The highest BCUT2D eigenvalue weighted by atomic mass is 31.2. The Balaban J connectivity index is 1.82. The minimum Gasteiger partial charge on any atom is -0.363 e. The molecule has 0 radical (unpaired) electrons. The van der Waals surface area contributed by atoms with E-state index in [0.717, 1.165) is 17.8 Å². The number of aliphatic hydroxyl groups excluding tert-OH is 1. The molecule has 0 spiro atoms. The summed E-state index contributed by atoms with van der Waals surface area (Å²) in [7, 11) is -1.42. The zero-order valence-electron chi connectivity index (χ0n) is 12.0. The Morgan fingerprint density at radius 2 is 1.53 bits per heavy atom. The molecule has 4 saturated carbocycles. The van der Waals surface area contributed by atoms with E-state index in [0.29, 0.717) is 6.35 Å². The molecule has 2 nitrogen and oxygen atoms in total. The molecule has 0 saturated heterocycles. The molecule has 19 heavy (non-hydrogen) atoms. The Labute approximate surface area is 119 Å². The lowest BCUT2D eigenvalue weighted by molar-refractivity contribution is -0.105. The second kappa shape index (κ2) is 4.45. The highest BCUT2D eigenvalue weighted by Crippen LogP contribution is 2.71. The first kappa shape index (κ1) is 14.4. The lowest BCUT2D eigenvalue weighted by atomic mass is 9.54. The van der Waals surface area contributed by atoms with Crippen molar-refractivity contribution in [2.75, 3.05) is 6.35 Å². The summed E-state index contributed by atoms with van der Waals surface area (Å²) in [6.07, 6.45) is 8.68. The predicted molar refractivity (Wildman–Crippen MR) is 85.7 cm³/mol. The fourth-order valence-electron chi connectivity index (χ4n) is 4.75. The molecular formula is C15H30BO2P. The maximum absolute atomic E-state index is 10.0. The van der Waals surface area contributed by atoms with Gasteiger partial charge in [-0.25, -0.2) is 0 Å². The molecule has 4 rings (SSSR count). The first-order chi connectivity index (χ1) is 8.75. The van der Waals surface area contributed by atoms with Gasteiger partial charge in [-0.05, 0) is 77.0 Å². The van der Waals surface area contributed by atoms with E-state index in [9.17, 15) is 5.11 Å². The van der Waals surface area contributed by atoms with Crippen LogP contribution < -0.4 is 0 Å². The zero-order chi connectivity index (χ0) is 13.9. The molecule has 4 aliphatic carbocycles. The van der Waals surface area contributed by atoms with Gasteiger partial charge >= 0.3 is 0 Å². The van der Waals surface area contributed by atoms with Gasteiger partial charge < -0.3 is 5.11 Å². The fraction of sp³-hybridized carbons (Fsp3) is 1.00. The van der Waals surface area contributed by atoms with Gasteiger partial charge in [-0.2, -0.15) is 0 Å². The van der Waals surface area contributed by atoms with Crippen LogP contribution in [0.2, 0.25) is 0 Å². The standard InChI is InChI=1S/C15H30BO2P/c1-14(2,3)19(16,10-17)18-15-7-11-4-12(8-15)6-13(5-11)9-15/h11-13,17H,4-10H2,1-3,16H3. The van der Waals surface area contributed by atoms with Crippen LogP contribution in [0, 0.1) is 17.8 Å². The summed E-state index contributed by atoms with van der Waals surface area (Å²) in [5.74, 6) is 2.83. The van der Waals surface area contributed by atoms with Gasteiger partial charge in [0.1, 0.15) is 11.9 Å². The van der Waals surface area contributed by atoms with Crippen LogP contribution in [0.1, 0.15) is 59.3 Å². The smallest absolute Gasteiger partial charge is 0.161 e. The fourth-order valence-corrected chi connectivity index (χ4v) is 6.20. The number of hydrogen-bond donors (Lipinski definition) is 1. The van der Waals surface area contributed by atoms with E-state index in [2.05, 4.69) is 20.8 Å². The second-order valence-electron chi connectivity index (χ2n) is 7.88. The molecule has 1 unspecified atom stereocenters. The Bertz CT molecular complexity index is 330. The molecule has 110 valence electrons. The summed E-state index contributed by atoms with van der Waals surface area (Å²) >= 11 is 0. The maximum Gasteiger partial charge on any atom is 0.161 e. The summed E-state index contributed by atoms with van der Waals surface area (Å²) in [4.78, 5) is 0. The van der Waals surface area contributed by atoms with Crippen LogP contribution in [0.4, 0.5) is 0 Å². The lowest BCUT2D eigenvalue weighted by Crippen LogP contribution is -2.52. The summed E-state index contributed by atoms with van der Waals surface area (Å²) in [6, 6.07) is 0. The molecule has 0 aromatic carbocycles. The third kappa shape index (κ3) is 2.41. The molecule has 0 heterocycles. The summed E-state index contributed by atoms with van der Waals surface area (Å²) in [5.41, 5.74) is 0.195. The van der Waals surface area contributed by atoms with Crippen molar-refractivity contribution in [1.29, 1.82) is 0 Å². The Morgan fingerprint density at radius 3 is 1.84 bits per heavy atom. The molecule has 1 N–H and O–H groups in total. The summed E-state index contributed by atoms with van der Waals surface area (Å²) < 4.78 is 6.92. The molecule has 4 fully saturated rings. The van der Waals surface area contributed by atoms with E-state index in [-0.39, 0.29) is 18.3 Å². The highest BCUT2D eigenvalue weighted by Gasteiger charge is 2.56. The van der Waals surface area contributed by atoms with Gasteiger partial charge in [-0.3, -0.25) is 4.52 Å². The van der Waals surface area contributed by atoms with Crippen LogP contribution in [-0.2, 0) is 4.52 Å². The Morgan fingerprint density at radius 1 is 1.11 bits per heavy atom. The molecule has 4 aliphatic rings. The largest absolute Gasteiger partial charge is 0.363 e. The molecule has 0 amide bonds. The van der Waals surface area contributed by atoms with Gasteiger partial charge in [0.15, 0.2) is 7.57 Å². The van der Waals surface area contributed by atoms with Crippen molar-refractivity contribution in [2.45, 2.75) is 70.1 Å². The van der Waals surface area contributed by atoms with E-state index < -0.39 is 7.37 Å². The van der Waals surface area contributed by atoms with Crippen molar-refractivity contribution in [1.82, 2.24) is 0 Å². The molecule has 4 heteroatoms. The number of rotatable bonds is 3. The van der Waals surface area contributed by atoms with Crippen LogP contribution in [0.5, 0.6) is 0 Å². The van der Waals surface area contributed by atoms with Crippen LogP contribution in [-0.4, -0.2) is 29.8 Å². The van der Waals surface area contributed by atoms with E-state index in [1.54, 1.807) is 0 Å². The highest BCUT2D eigenvalue weighted by molar-refractivity contribution is 7.94. The average molecular weight is 284 g/mol. The van der Waals surface area contributed by atoms with Gasteiger partial charge in [-0.15, -0.1) is 0 Å². The molecule has 0 aliphatic heterocycles. The number of hydrogen-bond acceptors (Lipinski definition) is 2. The Hall–Kier alpha value is 0.415. The summed E-state index contributed by atoms with van der Waals surface area (Å²) in [5, 5.41) is 10.2. The van der Waals surface area contributed by atoms with E-state index in [1.165, 1.54) is 38.5 Å². The average Bonchev–Trinajstić information content (AvgIpc) is 2.24. The van der Waals surface area contributed by atoms with Crippen LogP contribution in [0.3, 0.4) is 0 Å². The first-order valence-corrected chi connectivity index (χ1v) is 8.92. The van der Waals surface area contributed by atoms with Gasteiger partial charge in [0.2, 0.25) is 0 Å². The Kier molecular flexibility index (Phi) is 3.36. The first-order valence-electron chi connectivity index (χ1n) is 7.48. The van der Waals surface area contributed by atoms with Crippen LogP contribution in [0.25, 0.3) is 0 Å². The normalized spacial score (nSPS) is 44.4. The van der Waals surface area contributed by atoms with Crippen molar-refractivity contribution in [2.24, 2.45) is 17.8 Å². The van der Waals surface area contributed by atoms with Gasteiger partial charge in [-0.1, -0.05) is 0 Å². The SMILES string of the molecule is [BH3-][P+](CO)(OC12CC3CC(CC(C3)C1)C2)C(C)(C)C. The predicted octanol–water partition coefficient (Wildman–Crippen LogP) is 2.93. The molecule has 0 aromatic heterocycles.